The number of fused-ring (bicyclic) bond motifs is 1. The van der Waals surface area contributed by atoms with E-state index in [4.69, 9.17) is 15.5 Å². The molecule has 4 heterocycles. The predicted molar refractivity (Wildman–Crippen MR) is 156 cm³/mol. The molecular formula is C29H33BrN6O4. The van der Waals surface area contributed by atoms with E-state index in [2.05, 4.69) is 32.9 Å². The van der Waals surface area contributed by atoms with Crippen LogP contribution in [0.4, 0.5) is 5.82 Å². The third-order valence-electron chi connectivity index (χ3n) is 7.58. The largest absolute Gasteiger partial charge is 0.496 e. The third-order valence-corrected chi connectivity index (χ3v) is 8.39. The molecule has 1 aliphatic heterocycles. The van der Waals surface area contributed by atoms with Crippen LogP contribution in [-0.4, -0.2) is 66.4 Å². The van der Waals surface area contributed by atoms with Crippen LogP contribution < -0.4 is 10.5 Å². The number of methoxy groups -OCH3 is 1. The number of nitrogen functional groups attached to an aromatic ring is 1. The Balaban J connectivity index is 1.45. The van der Waals surface area contributed by atoms with Gasteiger partial charge in [-0.15, -0.1) is 0 Å². The Labute approximate surface area is 240 Å². The van der Waals surface area contributed by atoms with Crippen LogP contribution in [0, 0.1) is 0 Å². The highest BCUT2D eigenvalue weighted by Crippen LogP contribution is 2.36. The van der Waals surface area contributed by atoms with Crippen molar-refractivity contribution in [2.75, 3.05) is 19.4 Å². The number of amides is 1. The number of carbonyl (C=O) groups excluding carboxylic acids is 1. The molecule has 3 atom stereocenters. The molecule has 11 heteroatoms. The van der Waals surface area contributed by atoms with Gasteiger partial charge in [-0.3, -0.25) is 9.78 Å². The van der Waals surface area contributed by atoms with Crippen molar-refractivity contribution < 1.29 is 19.7 Å². The number of aliphatic hydroxyl groups excluding tert-OH is 2. The van der Waals surface area contributed by atoms with Crippen LogP contribution in [0.1, 0.15) is 50.3 Å². The summed E-state index contributed by atoms with van der Waals surface area (Å²) in [6, 6.07) is 9.51. The van der Waals surface area contributed by atoms with Crippen LogP contribution in [0.5, 0.6) is 5.75 Å². The SMILES string of the molecule is COc1ccc(-c2ccc(-c3cnn4c(N)c(Br)c(C(C)CC5CCCN5C(=O)C(C)O)nc34)cn2)cc1CO. The number of ether oxygens (including phenoxy) is 1. The highest BCUT2D eigenvalue weighted by atomic mass is 79.9. The van der Waals surface area contributed by atoms with Gasteiger partial charge in [0.2, 0.25) is 0 Å². The molecule has 40 heavy (non-hydrogen) atoms. The summed E-state index contributed by atoms with van der Waals surface area (Å²) in [7, 11) is 1.57. The number of carbonyl (C=O) groups is 1. The molecule has 0 spiro atoms. The van der Waals surface area contributed by atoms with Crippen LogP contribution in [0.2, 0.25) is 0 Å². The summed E-state index contributed by atoms with van der Waals surface area (Å²) in [5, 5.41) is 24.0. The Kier molecular flexibility index (Phi) is 8.07. The number of likely N-dealkylation sites (tertiary alicyclic amines) is 1. The molecule has 1 fully saturated rings. The zero-order valence-corrected chi connectivity index (χ0v) is 24.3. The van der Waals surface area contributed by atoms with E-state index >= 15 is 0 Å². The average Bonchev–Trinajstić information content (AvgIpc) is 3.61. The number of halogens is 1. The van der Waals surface area contributed by atoms with E-state index < -0.39 is 6.10 Å². The zero-order chi connectivity index (χ0) is 28.6. The maximum atomic E-state index is 12.5. The lowest BCUT2D eigenvalue weighted by molar-refractivity contribution is -0.140. The van der Waals surface area contributed by atoms with Crippen molar-refractivity contribution in [2.45, 2.75) is 57.8 Å². The monoisotopic (exact) mass is 608 g/mol. The van der Waals surface area contributed by atoms with Crippen molar-refractivity contribution >= 4 is 33.3 Å². The van der Waals surface area contributed by atoms with Gasteiger partial charge in [-0.25, -0.2) is 4.98 Å². The first-order chi connectivity index (χ1) is 19.2. The van der Waals surface area contributed by atoms with Gasteiger partial charge in [-0.1, -0.05) is 13.0 Å². The molecule has 0 saturated carbocycles. The second-order valence-electron chi connectivity index (χ2n) is 10.2. The molecular weight excluding hydrogens is 576 g/mol. The Bertz CT molecular complexity index is 1540. The first-order valence-electron chi connectivity index (χ1n) is 13.3. The minimum atomic E-state index is -1.01. The van der Waals surface area contributed by atoms with E-state index in [0.29, 0.717) is 40.2 Å². The van der Waals surface area contributed by atoms with E-state index in [0.717, 1.165) is 40.9 Å². The van der Waals surface area contributed by atoms with Gasteiger partial charge in [0.25, 0.3) is 5.91 Å². The molecule has 1 aromatic carbocycles. The lowest BCUT2D eigenvalue weighted by Crippen LogP contribution is -2.41. The Hall–Kier alpha value is -3.54. The summed E-state index contributed by atoms with van der Waals surface area (Å²) in [5.74, 6) is 0.839. The van der Waals surface area contributed by atoms with E-state index in [9.17, 15) is 15.0 Å². The molecule has 1 aliphatic rings. The van der Waals surface area contributed by atoms with Gasteiger partial charge >= 0.3 is 0 Å². The highest BCUT2D eigenvalue weighted by Gasteiger charge is 2.33. The number of pyridine rings is 1. The quantitative estimate of drug-likeness (QED) is 0.271. The fourth-order valence-corrected chi connectivity index (χ4v) is 6.11. The molecule has 1 amide bonds. The lowest BCUT2D eigenvalue weighted by atomic mass is 9.96. The summed E-state index contributed by atoms with van der Waals surface area (Å²) >= 11 is 3.63. The fraction of sp³-hybridized carbons (Fsp3) is 0.379. The van der Waals surface area contributed by atoms with E-state index in [1.807, 2.05) is 30.3 Å². The van der Waals surface area contributed by atoms with Crippen LogP contribution >= 0.6 is 15.9 Å². The highest BCUT2D eigenvalue weighted by molar-refractivity contribution is 9.10. The number of hydrogen-bond donors (Lipinski definition) is 3. The fourth-order valence-electron chi connectivity index (χ4n) is 5.46. The molecule has 0 radical (unpaired) electrons. The second kappa shape index (κ2) is 11.5. The van der Waals surface area contributed by atoms with E-state index in [1.54, 1.807) is 28.9 Å². The van der Waals surface area contributed by atoms with Gasteiger partial charge in [-0.05, 0) is 66.4 Å². The Morgan fingerprint density at radius 3 is 2.67 bits per heavy atom. The van der Waals surface area contributed by atoms with Crippen molar-refractivity contribution in [3.63, 3.8) is 0 Å². The van der Waals surface area contributed by atoms with Crippen LogP contribution in [0.3, 0.4) is 0 Å². The molecule has 4 aromatic rings. The van der Waals surface area contributed by atoms with Crippen molar-refractivity contribution in [3.8, 4) is 28.1 Å². The van der Waals surface area contributed by atoms with Gasteiger partial charge in [-0.2, -0.15) is 9.61 Å². The number of aliphatic hydroxyl groups is 2. The van der Waals surface area contributed by atoms with Crippen molar-refractivity contribution in [1.29, 1.82) is 0 Å². The lowest BCUT2D eigenvalue weighted by Gasteiger charge is -2.28. The molecule has 1 saturated heterocycles. The molecule has 3 aromatic heterocycles. The number of benzene rings is 1. The maximum absolute atomic E-state index is 12.5. The smallest absolute Gasteiger partial charge is 0.251 e. The standard InChI is InChI=1S/C29H33BrN6O4/c1-16(11-21-5-4-10-35(21)29(39)17(2)38)26-25(30)27(31)36-28(34-26)22(14-33-36)19-6-8-23(32-13-19)18-7-9-24(40-3)20(12-18)15-37/h6-9,12-14,16-17,21,37-38H,4-5,10-11,15,31H2,1-3H3. The number of nitrogens with zero attached hydrogens (tertiary/aromatic N) is 5. The molecule has 0 aliphatic carbocycles. The Morgan fingerprint density at radius 2 is 2.00 bits per heavy atom. The van der Waals surface area contributed by atoms with Gasteiger partial charge in [0.05, 0.1) is 35.8 Å². The van der Waals surface area contributed by atoms with Gasteiger partial charge < -0.3 is 25.6 Å². The van der Waals surface area contributed by atoms with Crippen LogP contribution in [0.15, 0.2) is 47.2 Å². The molecule has 4 N–H and O–H groups in total. The first-order valence-corrected chi connectivity index (χ1v) is 14.1. The number of aromatic nitrogens is 4. The summed E-state index contributed by atoms with van der Waals surface area (Å²) in [6.07, 6.45) is 5.01. The first kappa shape index (κ1) is 28.0. The summed E-state index contributed by atoms with van der Waals surface area (Å²) in [4.78, 5) is 24.0. The minimum Gasteiger partial charge on any atom is -0.496 e. The molecule has 0 bridgehead atoms. The van der Waals surface area contributed by atoms with Crippen molar-refractivity contribution in [1.82, 2.24) is 24.5 Å². The molecule has 10 nitrogen and oxygen atoms in total. The normalized spacial score (nSPS) is 16.9. The number of hydrogen-bond acceptors (Lipinski definition) is 8. The summed E-state index contributed by atoms with van der Waals surface area (Å²) < 4.78 is 7.60. The van der Waals surface area contributed by atoms with Crippen molar-refractivity contribution in [3.05, 3.63) is 58.5 Å². The molecule has 3 unspecified atom stereocenters. The van der Waals surface area contributed by atoms with Gasteiger partial charge in [0.15, 0.2) is 5.65 Å². The topological polar surface area (TPSA) is 139 Å². The van der Waals surface area contributed by atoms with Crippen molar-refractivity contribution in [2.24, 2.45) is 0 Å². The van der Waals surface area contributed by atoms with Crippen LogP contribution in [-0.2, 0) is 11.4 Å². The summed E-state index contributed by atoms with van der Waals surface area (Å²) in [6.45, 7) is 4.12. The van der Waals surface area contributed by atoms with Crippen LogP contribution in [0.25, 0.3) is 28.0 Å². The predicted octanol–water partition coefficient (Wildman–Crippen LogP) is 4.17. The maximum Gasteiger partial charge on any atom is 0.251 e. The van der Waals surface area contributed by atoms with E-state index in [-0.39, 0.29) is 24.5 Å². The zero-order valence-electron chi connectivity index (χ0n) is 22.7. The minimum absolute atomic E-state index is 0.00637. The molecule has 210 valence electrons. The third kappa shape index (κ3) is 5.16. The number of nitrogens with two attached hydrogens (primary N) is 1. The number of anilines is 1. The average molecular weight is 610 g/mol. The second-order valence-corrected chi connectivity index (χ2v) is 11.0. The van der Waals surface area contributed by atoms with Gasteiger partial charge in [0.1, 0.15) is 17.7 Å². The Morgan fingerprint density at radius 1 is 1.23 bits per heavy atom. The number of rotatable bonds is 8. The summed E-state index contributed by atoms with van der Waals surface area (Å²) in [5.41, 5.74) is 11.9. The van der Waals surface area contributed by atoms with Gasteiger partial charge in [0, 0.05) is 47.0 Å². The van der Waals surface area contributed by atoms with E-state index in [1.165, 1.54) is 6.92 Å². The molecule has 5 rings (SSSR count).